The second-order valence-electron chi connectivity index (χ2n) is 10.1. The van der Waals surface area contributed by atoms with E-state index < -0.39 is 0 Å². The second-order valence-corrected chi connectivity index (χ2v) is 10.1. The lowest BCUT2D eigenvalue weighted by Gasteiger charge is -2.41. The highest BCUT2D eigenvalue weighted by Gasteiger charge is 2.32. The van der Waals surface area contributed by atoms with E-state index in [9.17, 15) is 9.59 Å². The Labute approximate surface area is 197 Å². The minimum Gasteiger partial charge on any atom is -0.339 e. The van der Waals surface area contributed by atoms with Gasteiger partial charge in [0, 0.05) is 55.9 Å². The Hall–Kier alpha value is -2.66. The summed E-state index contributed by atoms with van der Waals surface area (Å²) in [6, 6.07) is 15.1. The van der Waals surface area contributed by atoms with E-state index in [0.717, 1.165) is 92.6 Å². The molecule has 5 nitrogen and oxygen atoms in total. The zero-order valence-corrected chi connectivity index (χ0v) is 19.9. The molecule has 2 amide bonds. The van der Waals surface area contributed by atoms with E-state index >= 15 is 0 Å². The number of likely N-dealkylation sites (tertiary alicyclic amines) is 2. The lowest BCUT2D eigenvalue weighted by Crippen LogP contribution is -2.50. The van der Waals surface area contributed by atoms with Crippen LogP contribution in [-0.4, -0.2) is 71.3 Å². The maximum absolute atomic E-state index is 13.3. The Bertz CT molecular complexity index is 1020. The topological polar surface area (TPSA) is 43.9 Å². The molecule has 33 heavy (non-hydrogen) atoms. The van der Waals surface area contributed by atoms with Crippen LogP contribution in [0.15, 0.2) is 42.5 Å². The zero-order valence-electron chi connectivity index (χ0n) is 19.9. The fourth-order valence-electron chi connectivity index (χ4n) is 5.66. The van der Waals surface area contributed by atoms with E-state index in [1.807, 2.05) is 35.2 Å². The Kier molecular flexibility index (Phi) is 6.24. The predicted octanol–water partition coefficient (Wildman–Crippen LogP) is 4.46. The molecule has 2 saturated heterocycles. The molecule has 0 unspecified atom stereocenters. The third-order valence-electron chi connectivity index (χ3n) is 7.75. The molecule has 0 bridgehead atoms. The van der Waals surface area contributed by atoms with Crippen molar-refractivity contribution in [1.82, 2.24) is 14.7 Å². The number of benzene rings is 2. The SMILES string of the molecule is CC(C)N1CCC(N2CCc3cc(-c4ccc(C(=O)N5CCCC5)cc4)ccc3C2=O)CC1. The number of piperidine rings is 1. The first-order valence-electron chi connectivity index (χ1n) is 12.6. The summed E-state index contributed by atoms with van der Waals surface area (Å²) in [7, 11) is 0. The molecule has 0 atom stereocenters. The molecule has 3 heterocycles. The molecule has 0 saturated carbocycles. The lowest BCUT2D eigenvalue weighted by molar-refractivity contribution is 0.0523. The highest BCUT2D eigenvalue weighted by Crippen LogP contribution is 2.29. The van der Waals surface area contributed by atoms with Crippen LogP contribution in [0.25, 0.3) is 11.1 Å². The summed E-state index contributed by atoms with van der Waals surface area (Å²) >= 11 is 0. The molecule has 3 aliphatic heterocycles. The smallest absolute Gasteiger partial charge is 0.254 e. The van der Waals surface area contributed by atoms with E-state index in [0.29, 0.717) is 12.1 Å². The van der Waals surface area contributed by atoms with Gasteiger partial charge in [-0.05, 0) is 80.8 Å². The molecule has 5 rings (SSSR count). The van der Waals surface area contributed by atoms with Crippen molar-refractivity contribution in [3.8, 4) is 11.1 Å². The zero-order chi connectivity index (χ0) is 22.9. The number of carbonyl (C=O) groups is 2. The summed E-state index contributed by atoms with van der Waals surface area (Å²) in [4.78, 5) is 32.5. The fourth-order valence-corrected chi connectivity index (χ4v) is 5.66. The van der Waals surface area contributed by atoms with Crippen LogP contribution in [0.3, 0.4) is 0 Å². The predicted molar refractivity (Wildman–Crippen MR) is 131 cm³/mol. The van der Waals surface area contributed by atoms with Crippen LogP contribution in [0.2, 0.25) is 0 Å². The van der Waals surface area contributed by atoms with Crippen molar-refractivity contribution >= 4 is 11.8 Å². The summed E-state index contributed by atoms with van der Waals surface area (Å²) in [5, 5.41) is 0. The van der Waals surface area contributed by atoms with Crippen LogP contribution in [0.1, 0.15) is 65.8 Å². The molecule has 2 fully saturated rings. The molecule has 174 valence electrons. The van der Waals surface area contributed by atoms with E-state index in [2.05, 4.69) is 35.8 Å². The van der Waals surface area contributed by atoms with Crippen LogP contribution in [0, 0.1) is 0 Å². The third-order valence-corrected chi connectivity index (χ3v) is 7.75. The molecule has 0 radical (unpaired) electrons. The van der Waals surface area contributed by atoms with Gasteiger partial charge in [0.15, 0.2) is 0 Å². The van der Waals surface area contributed by atoms with E-state index in [1.165, 1.54) is 0 Å². The van der Waals surface area contributed by atoms with Gasteiger partial charge in [0.1, 0.15) is 0 Å². The van der Waals surface area contributed by atoms with Crippen LogP contribution < -0.4 is 0 Å². The molecule has 2 aromatic rings. The average molecular weight is 446 g/mol. The van der Waals surface area contributed by atoms with Gasteiger partial charge in [-0.2, -0.15) is 0 Å². The first-order valence-corrected chi connectivity index (χ1v) is 12.6. The molecule has 0 spiro atoms. The average Bonchev–Trinajstić information content (AvgIpc) is 3.39. The maximum atomic E-state index is 13.3. The van der Waals surface area contributed by atoms with Crippen LogP contribution >= 0.6 is 0 Å². The minimum atomic E-state index is 0.134. The number of rotatable bonds is 4. The number of hydrogen-bond donors (Lipinski definition) is 0. The number of fused-ring (bicyclic) bond motifs is 1. The number of nitrogens with zero attached hydrogens (tertiary/aromatic N) is 3. The Morgan fingerprint density at radius 3 is 2.21 bits per heavy atom. The summed E-state index contributed by atoms with van der Waals surface area (Å²) in [5.74, 6) is 0.326. The Morgan fingerprint density at radius 2 is 1.55 bits per heavy atom. The van der Waals surface area contributed by atoms with Crippen molar-refractivity contribution in [2.75, 3.05) is 32.7 Å². The van der Waals surface area contributed by atoms with Gasteiger partial charge in [0.05, 0.1) is 0 Å². The molecule has 3 aliphatic rings. The minimum absolute atomic E-state index is 0.134. The highest BCUT2D eigenvalue weighted by atomic mass is 16.2. The number of amides is 2. The van der Waals surface area contributed by atoms with Gasteiger partial charge in [-0.15, -0.1) is 0 Å². The molecular weight excluding hydrogens is 410 g/mol. The number of carbonyl (C=O) groups excluding carboxylic acids is 2. The largest absolute Gasteiger partial charge is 0.339 e. The molecule has 2 aromatic carbocycles. The molecule has 0 aliphatic carbocycles. The second kappa shape index (κ2) is 9.30. The number of hydrogen-bond acceptors (Lipinski definition) is 3. The monoisotopic (exact) mass is 445 g/mol. The van der Waals surface area contributed by atoms with E-state index in [1.54, 1.807) is 0 Å². The Balaban J connectivity index is 1.28. The van der Waals surface area contributed by atoms with Crippen LogP contribution in [-0.2, 0) is 6.42 Å². The quantitative estimate of drug-likeness (QED) is 0.698. The molecule has 5 heteroatoms. The lowest BCUT2D eigenvalue weighted by atomic mass is 9.91. The van der Waals surface area contributed by atoms with Crippen molar-refractivity contribution in [1.29, 1.82) is 0 Å². The van der Waals surface area contributed by atoms with Gasteiger partial charge in [-0.1, -0.05) is 24.3 Å². The standard InChI is InChI=1S/C28H35N3O2/c1-20(2)29-16-12-25(13-17-29)31-18-11-24-19-23(9-10-26(24)28(31)33)21-5-7-22(8-6-21)27(32)30-14-3-4-15-30/h5-10,19-20,25H,3-4,11-18H2,1-2H3. The van der Waals surface area contributed by atoms with Crippen molar-refractivity contribution < 1.29 is 9.59 Å². The van der Waals surface area contributed by atoms with E-state index in [4.69, 9.17) is 0 Å². The normalized spacial score (nSPS) is 19.9. The van der Waals surface area contributed by atoms with Gasteiger partial charge in [0.2, 0.25) is 0 Å². The summed E-state index contributed by atoms with van der Waals surface area (Å²) in [5.41, 5.74) is 4.96. The van der Waals surface area contributed by atoms with Gasteiger partial charge in [0.25, 0.3) is 11.8 Å². The summed E-state index contributed by atoms with van der Waals surface area (Å²) < 4.78 is 0. The van der Waals surface area contributed by atoms with Gasteiger partial charge < -0.3 is 14.7 Å². The molecule has 0 aromatic heterocycles. The van der Waals surface area contributed by atoms with Gasteiger partial charge in [-0.3, -0.25) is 9.59 Å². The third kappa shape index (κ3) is 4.43. The van der Waals surface area contributed by atoms with E-state index in [-0.39, 0.29) is 11.8 Å². The highest BCUT2D eigenvalue weighted by molar-refractivity contribution is 5.98. The van der Waals surface area contributed by atoms with Crippen molar-refractivity contribution in [2.24, 2.45) is 0 Å². The van der Waals surface area contributed by atoms with Crippen LogP contribution in [0.5, 0.6) is 0 Å². The summed E-state index contributed by atoms with van der Waals surface area (Å²) in [6.07, 6.45) is 5.25. The van der Waals surface area contributed by atoms with Crippen molar-refractivity contribution in [3.05, 3.63) is 59.2 Å². The maximum Gasteiger partial charge on any atom is 0.254 e. The first-order chi connectivity index (χ1) is 16.0. The first kappa shape index (κ1) is 22.1. The van der Waals surface area contributed by atoms with Crippen LogP contribution in [0.4, 0.5) is 0 Å². The van der Waals surface area contributed by atoms with Gasteiger partial charge in [-0.25, -0.2) is 0 Å². The van der Waals surface area contributed by atoms with Gasteiger partial charge >= 0.3 is 0 Å². The molecule has 0 N–H and O–H groups in total. The Morgan fingerprint density at radius 1 is 0.879 bits per heavy atom. The van der Waals surface area contributed by atoms with Crippen molar-refractivity contribution in [2.45, 2.75) is 58.0 Å². The molecular formula is C28H35N3O2. The summed E-state index contributed by atoms with van der Waals surface area (Å²) in [6.45, 7) is 9.20. The fraction of sp³-hybridized carbons (Fsp3) is 0.500. The van der Waals surface area contributed by atoms with Crippen molar-refractivity contribution in [3.63, 3.8) is 0 Å².